The molecule has 0 saturated heterocycles. The molecule has 66 heavy (non-hydrogen) atoms. The molecule has 0 amide bonds. The SMILES string of the molecule is CC(C)(C)c1ccc(-c2[c-]cc(F)cc2)nc1.[2H]C([2H])([2H])c1ccc2c(n1)oc1c(-c3nc4ccc5c(c4n3-c3c(C(C)C)cc(C)cc3C(C)C)C(C)(C)C(C)(C)c3ccccc3-5)[c-]ccc12.[Ir]. The van der Waals surface area contributed by atoms with Crippen LogP contribution in [0.2, 0.25) is 0 Å². The molecule has 4 heterocycles. The standard InChI is InChI=1S/C44H44N3O.C15H15FN.Ir/c1-24(2)33-22-26(5)23-34(25(3)4)38(33)47-39-36(21-20-29-28-14-11-12-17-35(28)43(7,8)44(9,10)37(29)39)46-41(47)32-16-13-15-30-31-19-18-27(6)45-42(31)48-40(30)32;1-15(2,3)12-6-9-14(17-10-12)11-4-7-13(16)8-5-11;/h11-15,17-25H,1-10H3;4,6-10H,1-3H3;/q2*-1;/i6D3;;. The summed E-state index contributed by atoms with van der Waals surface area (Å²) in [6, 6.07) is 40.0. The van der Waals surface area contributed by atoms with Gasteiger partial charge >= 0.3 is 0 Å². The Hall–Kier alpha value is -5.75. The molecular formula is C59H59FIrN4O-2. The van der Waals surface area contributed by atoms with Gasteiger partial charge in [0.25, 0.3) is 0 Å². The smallest absolute Gasteiger partial charge is 0.216 e. The molecule has 0 fully saturated rings. The van der Waals surface area contributed by atoms with Crippen LogP contribution in [-0.2, 0) is 36.4 Å². The number of aryl methyl sites for hydroxylation is 2. The van der Waals surface area contributed by atoms with Gasteiger partial charge in [0.2, 0.25) is 5.71 Å². The van der Waals surface area contributed by atoms with E-state index in [1.165, 1.54) is 56.6 Å². The van der Waals surface area contributed by atoms with Crippen LogP contribution < -0.4 is 0 Å². The molecule has 7 heteroatoms. The number of aromatic nitrogens is 4. The normalized spacial score (nSPS) is 14.9. The maximum Gasteiger partial charge on any atom is 0.216 e. The minimum atomic E-state index is -2.35. The number of hydrogen-bond donors (Lipinski definition) is 0. The van der Waals surface area contributed by atoms with Crippen molar-refractivity contribution < 1.29 is 33.0 Å². The van der Waals surface area contributed by atoms with Crippen LogP contribution in [-0.4, -0.2) is 19.5 Å². The van der Waals surface area contributed by atoms with E-state index < -0.39 is 6.85 Å². The van der Waals surface area contributed by atoms with Crippen LogP contribution in [0.4, 0.5) is 4.39 Å². The minimum Gasteiger partial charge on any atom is -0.486 e. The summed E-state index contributed by atoms with van der Waals surface area (Å²) in [6.07, 6.45) is 1.87. The Labute approximate surface area is 407 Å². The first-order chi connectivity index (χ1) is 32.0. The van der Waals surface area contributed by atoms with Gasteiger partial charge in [-0.15, -0.1) is 48.0 Å². The van der Waals surface area contributed by atoms with Crippen LogP contribution in [0.3, 0.4) is 0 Å². The van der Waals surface area contributed by atoms with Crippen LogP contribution in [0.15, 0.2) is 114 Å². The van der Waals surface area contributed by atoms with Crippen molar-refractivity contribution in [3.63, 3.8) is 0 Å². The maximum absolute atomic E-state index is 12.8. The molecule has 1 radical (unpaired) electrons. The molecule has 339 valence electrons. The summed E-state index contributed by atoms with van der Waals surface area (Å²) in [5, 5.41) is 1.60. The van der Waals surface area contributed by atoms with Gasteiger partial charge in [-0.3, -0.25) is 9.37 Å². The first-order valence-corrected chi connectivity index (χ1v) is 22.7. The summed E-state index contributed by atoms with van der Waals surface area (Å²) in [5.74, 6) is 0.932. The number of halogens is 1. The van der Waals surface area contributed by atoms with Crippen LogP contribution in [0.5, 0.6) is 0 Å². The third-order valence-electron chi connectivity index (χ3n) is 13.9. The third kappa shape index (κ3) is 7.82. The van der Waals surface area contributed by atoms with Crippen molar-refractivity contribution in [3.05, 3.63) is 166 Å². The Morgan fingerprint density at radius 3 is 2.15 bits per heavy atom. The van der Waals surface area contributed by atoms with E-state index in [0.29, 0.717) is 16.9 Å². The zero-order chi connectivity index (χ0) is 48.8. The molecule has 0 saturated carbocycles. The molecule has 0 unspecified atom stereocenters. The van der Waals surface area contributed by atoms with E-state index in [-0.39, 0.29) is 59.7 Å². The van der Waals surface area contributed by atoms with Gasteiger partial charge in [0.15, 0.2) is 0 Å². The Bertz CT molecular complexity index is 3360. The molecule has 0 bridgehead atoms. The van der Waals surface area contributed by atoms with E-state index in [9.17, 15) is 4.39 Å². The molecule has 4 aromatic heterocycles. The number of hydrogen-bond acceptors (Lipinski definition) is 4. The molecule has 0 aliphatic heterocycles. The zero-order valence-electron chi connectivity index (χ0n) is 43.0. The number of furan rings is 1. The third-order valence-corrected chi connectivity index (χ3v) is 13.9. The van der Waals surface area contributed by atoms with Gasteiger partial charge in [-0.25, -0.2) is 4.98 Å². The number of benzene rings is 5. The molecule has 10 rings (SSSR count). The van der Waals surface area contributed by atoms with Crippen LogP contribution >= 0.6 is 0 Å². The van der Waals surface area contributed by atoms with E-state index in [0.717, 1.165) is 44.6 Å². The van der Waals surface area contributed by atoms with Gasteiger partial charge in [-0.05, 0) is 99.3 Å². The summed E-state index contributed by atoms with van der Waals surface area (Å²) < 4.78 is 45.6. The van der Waals surface area contributed by atoms with Gasteiger partial charge in [-0.2, -0.15) is 0 Å². The van der Waals surface area contributed by atoms with Crippen molar-refractivity contribution in [1.29, 1.82) is 0 Å². The average Bonchev–Trinajstić information content (AvgIpc) is 3.86. The van der Waals surface area contributed by atoms with Crippen molar-refractivity contribution >= 4 is 33.1 Å². The summed E-state index contributed by atoms with van der Waals surface area (Å²) >= 11 is 0. The predicted octanol–water partition coefficient (Wildman–Crippen LogP) is 15.9. The summed E-state index contributed by atoms with van der Waals surface area (Å²) in [5.41, 5.74) is 16.0. The Balaban J connectivity index is 0.000000301. The maximum atomic E-state index is 12.8. The van der Waals surface area contributed by atoms with Gasteiger partial charge < -0.3 is 14.0 Å². The number of rotatable bonds is 5. The molecule has 0 spiro atoms. The van der Waals surface area contributed by atoms with Crippen molar-refractivity contribution in [2.75, 3.05) is 0 Å². The Kier molecular flexibility index (Phi) is 11.1. The van der Waals surface area contributed by atoms with Crippen LogP contribution in [0.25, 0.3) is 72.6 Å². The fourth-order valence-corrected chi connectivity index (χ4v) is 9.65. The fraction of sp³-hybridized carbons (Fsp3) is 0.305. The Morgan fingerprint density at radius 2 is 1.52 bits per heavy atom. The van der Waals surface area contributed by atoms with E-state index >= 15 is 0 Å². The molecule has 1 aliphatic rings. The average molecular weight is 1050 g/mol. The molecule has 0 N–H and O–H groups in total. The number of imidazole rings is 1. The van der Waals surface area contributed by atoms with E-state index in [1.807, 2.05) is 24.4 Å². The summed E-state index contributed by atoms with van der Waals surface area (Å²) in [4.78, 5) is 14.4. The first-order valence-electron chi connectivity index (χ1n) is 24.2. The second-order valence-corrected chi connectivity index (χ2v) is 20.4. The zero-order valence-corrected chi connectivity index (χ0v) is 42.4. The molecule has 0 atom stereocenters. The molecular weight excluding hydrogens is 992 g/mol. The van der Waals surface area contributed by atoms with Gasteiger partial charge in [0, 0.05) is 58.4 Å². The topological polar surface area (TPSA) is 56.7 Å². The van der Waals surface area contributed by atoms with Crippen LogP contribution in [0.1, 0.15) is 131 Å². The quantitative estimate of drug-likeness (QED) is 0.161. The summed E-state index contributed by atoms with van der Waals surface area (Å²) in [6.45, 7) is 24.8. The van der Waals surface area contributed by atoms with Crippen molar-refractivity contribution in [2.24, 2.45) is 0 Å². The number of nitrogens with zero attached hydrogens (tertiary/aromatic N) is 4. The molecule has 1 aliphatic carbocycles. The number of fused-ring (bicyclic) bond motifs is 8. The number of pyridine rings is 2. The first kappa shape index (κ1) is 42.9. The van der Waals surface area contributed by atoms with E-state index in [1.54, 1.807) is 18.2 Å². The Morgan fingerprint density at radius 1 is 0.788 bits per heavy atom. The summed E-state index contributed by atoms with van der Waals surface area (Å²) in [7, 11) is 0. The second kappa shape index (κ2) is 17.2. The molecule has 5 nitrogen and oxygen atoms in total. The minimum absolute atomic E-state index is 0. The van der Waals surface area contributed by atoms with Crippen molar-refractivity contribution in [3.8, 4) is 39.5 Å². The monoisotopic (exact) mass is 1050 g/mol. The molecule has 9 aromatic rings. The predicted molar refractivity (Wildman–Crippen MR) is 267 cm³/mol. The van der Waals surface area contributed by atoms with Crippen molar-refractivity contribution in [1.82, 2.24) is 19.5 Å². The van der Waals surface area contributed by atoms with Crippen molar-refractivity contribution in [2.45, 2.75) is 118 Å². The van der Waals surface area contributed by atoms with E-state index in [4.69, 9.17) is 13.5 Å². The van der Waals surface area contributed by atoms with Gasteiger partial charge in [-0.1, -0.05) is 147 Å². The molecule has 5 aromatic carbocycles. The van der Waals surface area contributed by atoms with E-state index in [2.05, 4.69) is 164 Å². The van der Waals surface area contributed by atoms with Gasteiger partial charge in [0.1, 0.15) is 0 Å². The van der Waals surface area contributed by atoms with Gasteiger partial charge in [0.05, 0.1) is 22.4 Å². The van der Waals surface area contributed by atoms with Crippen LogP contribution in [0, 0.1) is 31.7 Å². The largest absolute Gasteiger partial charge is 0.486 e. The fourth-order valence-electron chi connectivity index (χ4n) is 9.65. The second-order valence-electron chi connectivity index (χ2n) is 20.4.